The molecule has 1 rings (SSSR count). The second kappa shape index (κ2) is 4.86. The predicted octanol–water partition coefficient (Wildman–Crippen LogP) is 1.95. The molecule has 0 aromatic heterocycles. The van der Waals surface area contributed by atoms with E-state index in [0.29, 0.717) is 5.56 Å². The minimum Gasteiger partial charge on any atom is -0.508 e. The first kappa shape index (κ1) is 14.3. The topological polar surface area (TPSA) is 81.0 Å². The van der Waals surface area contributed by atoms with E-state index >= 15 is 0 Å². The molecular weight excluding hydrogens is 234 g/mol. The molecule has 0 heterocycles. The number of likely N-dealkylation sites (N-methyl/N-ethyl adjacent to an activating group) is 1. The van der Waals surface area contributed by atoms with E-state index in [1.54, 1.807) is 32.7 Å². The number of carbonyl (C=O) groups is 1. The van der Waals surface area contributed by atoms with Crippen molar-refractivity contribution in [3.05, 3.63) is 23.8 Å². The third-order valence-corrected chi connectivity index (χ3v) is 3.45. The van der Waals surface area contributed by atoms with Gasteiger partial charge in [-0.2, -0.15) is 0 Å². The highest BCUT2D eigenvalue weighted by atomic mass is 16.4. The zero-order chi connectivity index (χ0) is 14.1. The first-order valence-corrected chi connectivity index (χ1v) is 5.66. The summed E-state index contributed by atoms with van der Waals surface area (Å²) >= 11 is 0. The summed E-state index contributed by atoms with van der Waals surface area (Å²) in [5.41, 5.74) is -0.580. The van der Waals surface area contributed by atoms with E-state index in [2.05, 4.69) is 0 Å². The summed E-state index contributed by atoms with van der Waals surface area (Å²) in [5.74, 6) is -0.874. The van der Waals surface area contributed by atoms with Crippen LogP contribution >= 0.6 is 0 Å². The number of benzene rings is 1. The van der Waals surface area contributed by atoms with Gasteiger partial charge in [0.1, 0.15) is 17.0 Å². The van der Waals surface area contributed by atoms with Crippen LogP contribution in [-0.4, -0.2) is 38.8 Å². The largest absolute Gasteiger partial charge is 0.508 e. The van der Waals surface area contributed by atoms with Gasteiger partial charge in [0.2, 0.25) is 0 Å². The van der Waals surface area contributed by atoms with Crippen LogP contribution in [0.3, 0.4) is 0 Å². The van der Waals surface area contributed by atoms with E-state index in [-0.39, 0.29) is 17.5 Å². The summed E-state index contributed by atoms with van der Waals surface area (Å²) < 4.78 is 0. The number of hydrogen-bond acceptors (Lipinski definition) is 4. The molecule has 1 atom stereocenters. The van der Waals surface area contributed by atoms with Crippen LogP contribution in [0.1, 0.15) is 32.4 Å². The number of aliphatic carboxylic acids is 1. The SMILES string of the molecule is CC(c1cc(O)ccc1O)N(C)C(C)(C)C(=O)O. The molecule has 0 spiro atoms. The van der Waals surface area contributed by atoms with Gasteiger partial charge in [-0.15, -0.1) is 0 Å². The minimum absolute atomic E-state index is 0.0355. The third kappa shape index (κ3) is 2.56. The Hall–Kier alpha value is -1.75. The van der Waals surface area contributed by atoms with Gasteiger partial charge in [0.15, 0.2) is 0 Å². The Morgan fingerprint density at radius 2 is 1.89 bits per heavy atom. The molecule has 0 aliphatic rings. The quantitative estimate of drug-likeness (QED) is 0.715. The number of carboxylic acid groups (broad SMARTS) is 1. The Bertz CT molecular complexity index is 456. The van der Waals surface area contributed by atoms with Crippen LogP contribution in [0.5, 0.6) is 11.5 Å². The fourth-order valence-corrected chi connectivity index (χ4v) is 1.72. The van der Waals surface area contributed by atoms with Crippen LogP contribution in [0.15, 0.2) is 18.2 Å². The molecule has 18 heavy (non-hydrogen) atoms. The maximum atomic E-state index is 11.2. The number of aromatic hydroxyl groups is 2. The van der Waals surface area contributed by atoms with Crippen molar-refractivity contribution in [2.45, 2.75) is 32.4 Å². The van der Waals surface area contributed by atoms with Crippen molar-refractivity contribution in [3.8, 4) is 11.5 Å². The molecule has 1 unspecified atom stereocenters. The minimum atomic E-state index is -1.07. The van der Waals surface area contributed by atoms with Crippen molar-refractivity contribution in [2.75, 3.05) is 7.05 Å². The normalized spacial score (nSPS) is 13.6. The molecule has 0 saturated carbocycles. The van der Waals surface area contributed by atoms with Crippen LogP contribution in [-0.2, 0) is 4.79 Å². The molecule has 0 fully saturated rings. The smallest absolute Gasteiger partial charge is 0.323 e. The van der Waals surface area contributed by atoms with Gasteiger partial charge >= 0.3 is 5.97 Å². The molecule has 5 heteroatoms. The van der Waals surface area contributed by atoms with Gasteiger partial charge in [-0.25, -0.2) is 0 Å². The van der Waals surface area contributed by atoms with E-state index < -0.39 is 11.5 Å². The average Bonchev–Trinajstić information content (AvgIpc) is 2.30. The molecule has 1 aromatic carbocycles. The lowest BCUT2D eigenvalue weighted by Gasteiger charge is -2.36. The van der Waals surface area contributed by atoms with Gasteiger partial charge in [-0.05, 0) is 46.0 Å². The molecule has 5 nitrogen and oxygen atoms in total. The summed E-state index contributed by atoms with van der Waals surface area (Å²) in [6, 6.07) is 3.87. The van der Waals surface area contributed by atoms with Gasteiger partial charge in [0.25, 0.3) is 0 Å². The van der Waals surface area contributed by atoms with E-state index in [1.807, 2.05) is 0 Å². The lowest BCUT2D eigenvalue weighted by molar-refractivity contribution is -0.149. The fraction of sp³-hybridized carbons (Fsp3) is 0.462. The molecule has 100 valence electrons. The van der Waals surface area contributed by atoms with E-state index in [4.69, 9.17) is 0 Å². The zero-order valence-electron chi connectivity index (χ0n) is 11.0. The molecule has 1 aromatic rings. The van der Waals surface area contributed by atoms with Crippen molar-refractivity contribution in [1.82, 2.24) is 4.90 Å². The zero-order valence-corrected chi connectivity index (χ0v) is 11.0. The maximum absolute atomic E-state index is 11.2. The Morgan fingerprint density at radius 1 is 1.33 bits per heavy atom. The third-order valence-electron chi connectivity index (χ3n) is 3.45. The number of phenolic OH excluding ortho intramolecular Hbond substituents is 2. The Kier molecular flexibility index (Phi) is 3.86. The van der Waals surface area contributed by atoms with Crippen molar-refractivity contribution < 1.29 is 20.1 Å². The average molecular weight is 253 g/mol. The van der Waals surface area contributed by atoms with Crippen LogP contribution in [0, 0.1) is 0 Å². The molecule has 3 N–H and O–H groups in total. The van der Waals surface area contributed by atoms with Gasteiger partial charge in [0, 0.05) is 11.6 Å². The van der Waals surface area contributed by atoms with E-state index in [0.717, 1.165) is 0 Å². The number of phenols is 2. The number of rotatable bonds is 4. The highest BCUT2D eigenvalue weighted by Gasteiger charge is 2.35. The van der Waals surface area contributed by atoms with Gasteiger partial charge in [-0.1, -0.05) is 0 Å². The second-order valence-corrected chi connectivity index (χ2v) is 4.89. The van der Waals surface area contributed by atoms with Crippen molar-refractivity contribution in [3.63, 3.8) is 0 Å². The molecule has 0 aliphatic carbocycles. The second-order valence-electron chi connectivity index (χ2n) is 4.89. The van der Waals surface area contributed by atoms with Crippen LogP contribution in [0.25, 0.3) is 0 Å². The van der Waals surface area contributed by atoms with Gasteiger partial charge in [0.05, 0.1) is 0 Å². The van der Waals surface area contributed by atoms with E-state index in [9.17, 15) is 20.1 Å². The maximum Gasteiger partial charge on any atom is 0.323 e. The summed E-state index contributed by atoms with van der Waals surface area (Å²) in [4.78, 5) is 12.8. The summed E-state index contributed by atoms with van der Waals surface area (Å²) in [6.07, 6.45) is 0. The van der Waals surface area contributed by atoms with Gasteiger partial charge < -0.3 is 15.3 Å². The van der Waals surface area contributed by atoms with Crippen LogP contribution in [0.2, 0.25) is 0 Å². The molecule has 0 aliphatic heterocycles. The molecule has 0 saturated heterocycles. The van der Waals surface area contributed by atoms with Crippen molar-refractivity contribution in [1.29, 1.82) is 0 Å². The summed E-state index contributed by atoms with van der Waals surface area (Å²) in [7, 11) is 1.67. The standard InChI is InChI=1S/C13H19NO4/c1-8(14(4)13(2,3)12(17)18)10-7-9(15)5-6-11(10)16/h5-8,15-16H,1-4H3,(H,17,18). The lowest BCUT2D eigenvalue weighted by atomic mass is 9.97. The number of nitrogens with zero attached hydrogens (tertiary/aromatic N) is 1. The fourth-order valence-electron chi connectivity index (χ4n) is 1.72. The Labute approximate surface area is 106 Å². The van der Waals surface area contributed by atoms with E-state index in [1.165, 1.54) is 18.2 Å². The summed E-state index contributed by atoms with van der Waals surface area (Å²) in [6.45, 7) is 4.95. The highest BCUT2D eigenvalue weighted by molar-refractivity contribution is 5.77. The predicted molar refractivity (Wildman–Crippen MR) is 67.7 cm³/mol. The first-order valence-electron chi connectivity index (χ1n) is 5.66. The Morgan fingerprint density at radius 3 is 2.39 bits per heavy atom. The Balaban J connectivity index is 3.10. The lowest BCUT2D eigenvalue weighted by Crippen LogP contribution is -2.48. The van der Waals surface area contributed by atoms with Crippen LogP contribution in [0.4, 0.5) is 0 Å². The van der Waals surface area contributed by atoms with Crippen molar-refractivity contribution >= 4 is 5.97 Å². The highest BCUT2D eigenvalue weighted by Crippen LogP contribution is 2.33. The van der Waals surface area contributed by atoms with Gasteiger partial charge in [-0.3, -0.25) is 9.69 Å². The first-order chi connectivity index (χ1) is 8.17. The monoisotopic (exact) mass is 253 g/mol. The summed E-state index contributed by atoms with van der Waals surface area (Å²) in [5, 5.41) is 28.4. The molecule has 0 amide bonds. The molecule has 0 bridgehead atoms. The molecule has 0 radical (unpaired) electrons. The van der Waals surface area contributed by atoms with Crippen molar-refractivity contribution in [2.24, 2.45) is 0 Å². The molecular formula is C13H19NO4. The van der Waals surface area contributed by atoms with Crippen LogP contribution < -0.4 is 0 Å². The number of hydrogen-bond donors (Lipinski definition) is 3. The number of carboxylic acids is 1.